The predicted molar refractivity (Wildman–Crippen MR) is 118 cm³/mol. The average Bonchev–Trinajstić information content (AvgIpc) is 2.77. The number of fused-ring (bicyclic) bond motifs is 1. The molecule has 0 saturated carbocycles. The molecule has 4 rings (SSSR count). The molecule has 5 nitrogen and oxygen atoms in total. The number of hydrogen-bond donors (Lipinski definition) is 0. The second-order valence-corrected chi connectivity index (χ2v) is 7.20. The number of carbonyl (C=O) groups excluding carboxylic acids is 1. The number of nitrogens with zero attached hydrogens (tertiary/aromatic N) is 2. The zero-order chi connectivity index (χ0) is 20.4. The topological polar surface area (TPSA) is 51.7 Å². The number of rotatable bonds is 5. The van der Waals surface area contributed by atoms with Gasteiger partial charge in [-0.25, -0.2) is 9.37 Å². The van der Waals surface area contributed by atoms with Crippen molar-refractivity contribution in [1.29, 1.82) is 0 Å². The van der Waals surface area contributed by atoms with Crippen molar-refractivity contribution in [3.63, 3.8) is 0 Å². The van der Waals surface area contributed by atoms with Gasteiger partial charge in [0, 0.05) is 36.2 Å². The molecule has 1 aliphatic rings. The molecule has 7 heteroatoms. The standard InChI is InChI=1S/C23H23FN2O3.ClH/c1-28-20-13-17-7-10-25-23(19(17)14-21(20)29-2)26-11-8-16(9-12-26)22(27)15-3-5-18(24)6-4-15;/h3-7,10,13-14,16H,8-9,11-12H2,1-2H3;1H. The molecule has 30 heavy (non-hydrogen) atoms. The highest BCUT2D eigenvalue weighted by molar-refractivity contribution is 5.98. The first-order valence-electron chi connectivity index (χ1n) is 9.66. The monoisotopic (exact) mass is 430 g/mol. The number of pyridine rings is 1. The molecule has 1 aromatic heterocycles. The molecule has 0 unspecified atom stereocenters. The van der Waals surface area contributed by atoms with E-state index < -0.39 is 0 Å². The quantitative estimate of drug-likeness (QED) is 0.538. The van der Waals surface area contributed by atoms with E-state index in [2.05, 4.69) is 9.88 Å². The summed E-state index contributed by atoms with van der Waals surface area (Å²) < 4.78 is 24.0. The van der Waals surface area contributed by atoms with Crippen molar-refractivity contribution in [2.75, 3.05) is 32.2 Å². The smallest absolute Gasteiger partial charge is 0.166 e. The lowest BCUT2D eigenvalue weighted by molar-refractivity contribution is 0.0900. The number of hydrogen-bond acceptors (Lipinski definition) is 5. The van der Waals surface area contributed by atoms with E-state index in [1.807, 2.05) is 18.2 Å². The second-order valence-electron chi connectivity index (χ2n) is 7.20. The summed E-state index contributed by atoms with van der Waals surface area (Å²) in [5.74, 6) is 1.93. The number of ketones is 1. The molecule has 3 aromatic rings. The molecule has 158 valence electrons. The van der Waals surface area contributed by atoms with Crippen LogP contribution in [0.2, 0.25) is 0 Å². The fourth-order valence-corrected chi connectivity index (χ4v) is 3.94. The number of piperidine rings is 1. The van der Waals surface area contributed by atoms with Crippen LogP contribution in [0.3, 0.4) is 0 Å². The van der Waals surface area contributed by atoms with E-state index in [0.717, 1.165) is 42.5 Å². The maximum Gasteiger partial charge on any atom is 0.166 e. The Bertz CT molecular complexity index is 1030. The zero-order valence-corrected chi connectivity index (χ0v) is 17.7. The van der Waals surface area contributed by atoms with Crippen molar-refractivity contribution >= 4 is 34.8 Å². The summed E-state index contributed by atoms with van der Waals surface area (Å²) in [6, 6.07) is 11.7. The molecule has 0 aliphatic carbocycles. The molecule has 0 N–H and O–H groups in total. The summed E-state index contributed by atoms with van der Waals surface area (Å²) in [6.07, 6.45) is 3.27. The van der Waals surface area contributed by atoms with Gasteiger partial charge in [0.2, 0.25) is 0 Å². The highest BCUT2D eigenvalue weighted by atomic mass is 35.5. The number of anilines is 1. The van der Waals surface area contributed by atoms with Crippen LogP contribution in [0.25, 0.3) is 10.8 Å². The van der Waals surface area contributed by atoms with Crippen LogP contribution in [-0.2, 0) is 0 Å². The zero-order valence-electron chi connectivity index (χ0n) is 16.9. The van der Waals surface area contributed by atoms with E-state index in [1.54, 1.807) is 32.5 Å². The molecule has 0 radical (unpaired) electrons. The van der Waals surface area contributed by atoms with Crippen molar-refractivity contribution in [3.8, 4) is 11.5 Å². The number of ether oxygens (including phenoxy) is 2. The van der Waals surface area contributed by atoms with E-state index in [0.29, 0.717) is 17.1 Å². The van der Waals surface area contributed by atoms with Crippen LogP contribution in [0, 0.1) is 11.7 Å². The van der Waals surface area contributed by atoms with Gasteiger partial charge in [0.05, 0.1) is 14.2 Å². The van der Waals surface area contributed by atoms with Gasteiger partial charge in [0.1, 0.15) is 11.6 Å². The molecule has 1 fully saturated rings. The normalized spacial score (nSPS) is 14.3. The number of Topliss-reactive ketones (excluding diaryl/α,β-unsaturated/α-hetero) is 1. The number of aromatic nitrogens is 1. The van der Waals surface area contributed by atoms with Crippen LogP contribution < -0.4 is 14.4 Å². The Kier molecular flexibility index (Phi) is 6.77. The first-order chi connectivity index (χ1) is 14.1. The highest BCUT2D eigenvalue weighted by Crippen LogP contribution is 2.36. The summed E-state index contributed by atoms with van der Waals surface area (Å²) >= 11 is 0. The predicted octanol–water partition coefficient (Wildman–Crippen LogP) is 4.91. The van der Waals surface area contributed by atoms with E-state index in [9.17, 15) is 9.18 Å². The van der Waals surface area contributed by atoms with Crippen LogP contribution in [0.1, 0.15) is 23.2 Å². The SMILES string of the molecule is COc1cc2ccnc(N3CCC(C(=O)c4ccc(F)cc4)CC3)c2cc1OC.Cl. The summed E-state index contributed by atoms with van der Waals surface area (Å²) in [4.78, 5) is 19.5. The van der Waals surface area contributed by atoms with Gasteiger partial charge in [-0.3, -0.25) is 4.79 Å². The van der Waals surface area contributed by atoms with Crippen molar-refractivity contribution in [2.24, 2.45) is 5.92 Å². The van der Waals surface area contributed by atoms with Gasteiger partial charge in [0.15, 0.2) is 17.3 Å². The third-order valence-corrected chi connectivity index (χ3v) is 5.54. The fourth-order valence-electron chi connectivity index (χ4n) is 3.94. The van der Waals surface area contributed by atoms with Crippen molar-refractivity contribution in [2.45, 2.75) is 12.8 Å². The summed E-state index contributed by atoms with van der Waals surface area (Å²) in [5.41, 5.74) is 0.574. The molecule has 0 amide bonds. The van der Waals surface area contributed by atoms with Gasteiger partial charge >= 0.3 is 0 Å². The number of benzene rings is 2. The van der Waals surface area contributed by atoms with Crippen LogP contribution in [0.4, 0.5) is 10.2 Å². The van der Waals surface area contributed by atoms with Crippen LogP contribution in [-0.4, -0.2) is 38.1 Å². The Morgan fingerprint density at radius 3 is 2.30 bits per heavy atom. The van der Waals surface area contributed by atoms with Gasteiger partial charge in [0.25, 0.3) is 0 Å². The molecule has 0 spiro atoms. The molecular formula is C23H24ClFN2O3. The summed E-state index contributed by atoms with van der Waals surface area (Å²) in [6.45, 7) is 1.47. The Morgan fingerprint density at radius 2 is 1.67 bits per heavy atom. The van der Waals surface area contributed by atoms with Crippen LogP contribution in [0.15, 0.2) is 48.7 Å². The lowest BCUT2D eigenvalue weighted by atomic mass is 9.88. The number of carbonyl (C=O) groups is 1. The Labute approximate surface area is 181 Å². The second kappa shape index (κ2) is 9.30. The van der Waals surface area contributed by atoms with E-state index in [4.69, 9.17) is 9.47 Å². The van der Waals surface area contributed by atoms with Gasteiger partial charge in [-0.15, -0.1) is 12.4 Å². The van der Waals surface area contributed by atoms with Crippen molar-refractivity contribution < 1.29 is 18.7 Å². The third kappa shape index (κ3) is 4.19. The van der Waals surface area contributed by atoms with Gasteiger partial charge in [-0.1, -0.05) is 0 Å². The minimum Gasteiger partial charge on any atom is -0.493 e. The Morgan fingerprint density at radius 1 is 1.03 bits per heavy atom. The van der Waals surface area contributed by atoms with Crippen molar-refractivity contribution in [1.82, 2.24) is 4.98 Å². The number of halogens is 2. The molecule has 1 saturated heterocycles. The van der Waals surface area contributed by atoms with E-state index >= 15 is 0 Å². The Hall–Kier alpha value is -2.86. The maximum absolute atomic E-state index is 13.1. The van der Waals surface area contributed by atoms with E-state index in [-0.39, 0.29) is 29.9 Å². The third-order valence-electron chi connectivity index (χ3n) is 5.54. The van der Waals surface area contributed by atoms with Crippen molar-refractivity contribution in [3.05, 3.63) is 60.0 Å². The lowest BCUT2D eigenvalue weighted by Gasteiger charge is -2.33. The van der Waals surface area contributed by atoms with Gasteiger partial charge in [-0.2, -0.15) is 0 Å². The van der Waals surface area contributed by atoms with Gasteiger partial charge < -0.3 is 14.4 Å². The molecule has 0 bridgehead atoms. The summed E-state index contributed by atoms with van der Waals surface area (Å²) in [5, 5.41) is 2.02. The lowest BCUT2D eigenvalue weighted by Crippen LogP contribution is -2.37. The maximum atomic E-state index is 13.1. The van der Waals surface area contributed by atoms with E-state index in [1.165, 1.54) is 12.1 Å². The first-order valence-corrected chi connectivity index (χ1v) is 9.66. The fraction of sp³-hybridized carbons (Fsp3) is 0.304. The minimum absolute atomic E-state index is 0. The average molecular weight is 431 g/mol. The van der Waals surface area contributed by atoms with Crippen LogP contribution >= 0.6 is 12.4 Å². The number of methoxy groups -OCH3 is 2. The molecular weight excluding hydrogens is 407 g/mol. The molecule has 0 atom stereocenters. The molecule has 1 aliphatic heterocycles. The first kappa shape index (κ1) is 21.8. The van der Waals surface area contributed by atoms with Crippen LogP contribution in [0.5, 0.6) is 11.5 Å². The van der Waals surface area contributed by atoms with Gasteiger partial charge in [-0.05, 0) is 60.7 Å². The molecule has 2 heterocycles. The largest absolute Gasteiger partial charge is 0.493 e. The Balaban J connectivity index is 0.00000256. The highest BCUT2D eigenvalue weighted by Gasteiger charge is 2.27. The summed E-state index contributed by atoms with van der Waals surface area (Å²) in [7, 11) is 3.24. The molecule has 2 aromatic carbocycles. The minimum atomic E-state index is -0.328.